The lowest BCUT2D eigenvalue weighted by molar-refractivity contribution is 1.06. The maximum absolute atomic E-state index is 5.06. The van der Waals surface area contributed by atoms with Crippen LogP contribution in [0.1, 0.15) is 5.56 Å². The molecule has 0 aliphatic carbocycles. The standard InChI is InChI=1S/C10H12BrN3S/c1-3-4-12-10(15)14-9-8(11)5-7(2)6-13-9/h3,5-6H,1,4H2,2H3,(H2,12,13,14,15). The Kier molecular flexibility index (Phi) is 4.71. The number of hydrogen-bond donors (Lipinski definition) is 2. The quantitative estimate of drug-likeness (QED) is 0.661. The number of halogens is 1. The van der Waals surface area contributed by atoms with E-state index in [1.54, 1.807) is 12.3 Å². The van der Waals surface area contributed by atoms with Crippen LogP contribution < -0.4 is 10.6 Å². The molecule has 5 heteroatoms. The van der Waals surface area contributed by atoms with E-state index in [0.29, 0.717) is 17.5 Å². The van der Waals surface area contributed by atoms with E-state index in [2.05, 4.69) is 38.1 Å². The van der Waals surface area contributed by atoms with E-state index < -0.39 is 0 Å². The number of aromatic nitrogens is 1. The molecule has 0 saturated heterocycles. The number of anilines is 1. The summed E-state index contributed by atoms with van der Waals surface area (Å²) in [5.74, 6) is 0.710. The average molecular weight is 286 g/mol. The molecule has 0 aliphatic heterocycles. The summed E-state index contributed by atoms with van der Waals surface area (Å²) >= 11 is 8.47. The van der Waals surface area contributed by atoms with Crippen LogP contribution in [0, 0.1) is 6.92 Å². The largest absolute Gasteiger partial charge is 0.359 e. The summed E-state index contributed by atoms with van der Waals surface area (Å²) in [6.07, 6.45) is 3.52. The Bertz CT molecular complexity index is 379. The molecule has 0 atom stereocenters. The summed E-state index contributed by atoms with van der Waals surface area (Å²) in [7, 11) is 0. The fourth-order valence-corrected chi connectivity index (χ4v) is 1.68. The van der Waals surface area contributed by atoms with Gasteiger partial charge in [0.05, 0.1) is 4.47 Å². The van der Waals surface area contributed by atoms with Crippen LogP contribution in [0.15, 0.2) is 29.4 Å². The van der Waals surface area contributed by atoms with Crippen LogP contribution in [0.4, 0.5) is 5.82 Å². The van der Waals surface area contributed by atoms with Gasteiger partial charge in [0.2, 0.25) is 0 Å². The van der Waals surface area contributed by atoms with Crippen LogP contribution in [0.3, 0.4) is 0 Å². The lowest BCUT2D eigenvalue weighted by Gasteiger charge is -2.09. The Balaban J connectivity index is 2.64. The first-order valence-electron chi connectivity index (χ1n) is 4.41. The summed E-state index contributed by atoms with van der Waals surface area (Å²) in [5.41, 5.74) is 1.09. The fraction of sp³-hybridized carbons (Fsp3) is 0.200. The Morgan fingerprint density at radius 3 is 3.07 bits per heavy atom. The molecule has 0 amide bonds. The molecule has 0 bridgehead atoms. The zero-order valence-electron chi connectivity index (χ0n) is 8.38. The van der Waals surface area contributed by atoms with Crippen LogP contribution in [0.2, 0.25) is 0 Å². The molecule has 3 nitrogen and oxygen atoms in total. The highest BCUT2D eigenvalue weighted by Gasteiger charge is 2.02. The molecular formula is C10H12BrN3S. The van der Waals surface area contributed by atoms with E-state index >= 15 is 0 Å². The second-order valence-corrected chi connectivity index (χ2v) is 4.23. The minimum atomic E-state index is 0.534. The van der Waals surface area contributed by atoms with E-state index in [1.165, 1.54) is 0 Å². The smallest absolute Gasteiger partial charge is 0.172 e. The molecule has 1 heterocycles. The van der Waals surface area contributed by atoms with Gasteiger partial charge in [0, 0.05) is 12.7 Å². The van der Waals surface area contributed by atoms with Crippen molar-refractivity contribution >= 4 is 39.1 Å². The molecule has 0 radical (unpaired) electrons. The van der Waals surface area contributed by atoms with Crippen molar-refractivity contribution in [3.05, 3.63) is 35.0 Å². The van der Waals surface area contributed by atoms with Crippen molar-refractivity contribution in [1.29, 1.82) is 0 Å². The average Bonchev–Trinajstić information content (AvgIpc) is 2.19. The molecule has 0 aromatic carbocycles. The highest BCUT2D eigenvalue weighted by Crippen LogP contribution is 2.20. The maximum atomic E-state index is 5.06. The van der Waals surface area contributed by atoms with Gasteiger partial charge < -0.3 is 10.6 Å². The first-order valence-corrected chi connectivity index (χ1v) is 5.61. The van der Waals surface area contributed by atoms with Gasteiger partial charge in [-0.3, -0.25) is 0 Å². The number of rotatable bonds is 3. The van der Waals surface area contributed by atoms with Crippen molar-refractivity contribution in [1.82, 2.24) is 10.3 Å². The summed E-state index contributed by atoms with van der Waals surface area (Å²) in [6.45, 7) is 6.21. The van der Waals surface area contributed by atoms with E-state index in [0.717, 1.165) is 10.0 Å². The molecule has 0 aliphatic rings. The van der Waals surface area contributed by atoms with Gasteiger partial charge in [-0.1, -0.05) is 6.08 Å². The fourth-order valence-electron chi connectivity index (χ4n) is 0.942. The number of hydrogen-bond acceptors (Lipinski definition) is 2. The minimum Gasteiger partial charge on any atom is -0.359 e. The number of nitrogens with one attached hydrogen (secondary N) is 2. The molecule has 80 valence electrons. The second kappa shape index (κ2) is 5.82. The van der Waals surface area contributed by atoms with Crippen molar-refractivity contribution in [2.45, 2.75) is 6.92 Å². The third kappa shape index (κ3) is 3.97. The van der Waals surface area contributed by atoms with Crippen LogP contribution in [-0.2, 0) is 0 Å². The summed E-state index contributed by atoms with van der Waals surface area (Å²) in [5, 5.41) is 6.49. The van der Waals surface area contributed by atoms with E-state index in [-0.39, 0.29) is 0 Å². The number of pyridine rings is 1. The lowest BCUT2D eigenvalue weighted by Crippen LogP contribution is -2.28. The van der Waals surface area contributed by atoms with Crippen molar-refractivity contribution in [3.8, 4) is 0 Å². The van der Waals surface area contributed by atoms with Gasteiger partial charge in [0.15, 0.2) is 5.11 Å². The highest BCUT2D eigenvalue weighted by atomic mass is 79.9. The molecule has 0 saturated carbocycles. The van der Waals surface area contributed by atoms with E-state index in [4.69, 9.17) is 12.2 Å². The topological polar surface area (TPSA) is 37.0 Å². The van der Waals surface area contributed by atoms with Gasteiger partial charge in [-0.05, 0) is 46.7 Å². The van der Waals surface area contributed by atoms with Crippen LogP contribution >= 0.6 is 28.1 Å². The molecular weight excluding hydrogens is 274 g/mol. The first-order chi connectivity index (χ1) is 7.13. The zero-order chi connectivity index (χ0) is 11.3. The van der Waals surface area contributed by atoms with Gasteiger partial charge in [-0.15, -0.1) is 6.58 Å². The van der Waals surface area contributed by atoms with E-state index in [9.17, 15) is 0 Å². The molecule has 1 aromatic heterocycles. The third-order valence-corrected chi connectivity index (χ3v) is 2.47. The van der Waals surface area contributed by atoms with Crippen molar-refractivity contribution in [2.75, 3.05) is 11.9 Å². The van der Waals surface area contributed by atoms with Gasteiger partial charge in [-0.2, -0.15) is 0 Å². The number of aryl methyl sites for hydroxylation is 1. The Hall–Kier alpha value is -0.940. The molecule has 15 heavy (non-hydrogen) atoms. The zero-order valence-corrected chi connectivity index (χ0v) is 10.8. The number of nitrogens with zero attached hydrogens (tertiary/aromatic N) is 1. The van der Waals surface area contributed by atoms with Gasteiger partial charge in [-0.25, -0.2) is 4.98 Å². The Morgan fingerprint density at radius 2 is 2.47 bits per heavy atom. The van der Waals surface area contributed by atoms with Gasteiger partial charge >= 0.3 is 0 Å². The first kappa shape index (κ1) is 12.1. The molecule has 0 fully saturated rings. The highest BCUT2D eigenvalue weighted by molar-refractivity contribution is 9.10. The molecule has 1 rings (SSSR count). The predicted octanol–water partition coefficient (Wildman–Crippen LogP) is 2.62. The lowest BCUT2D eigenvalue weighted by atomic mass is 10.3. The summed E-state index contributed by atoms with van der Waals surface area (Å²) in [4.78, 5) is 4.21. The van der Waals surface area contributed by atoms with Crippen LogP contribution in [0.5, 0.6) is 0 Å². The van der Waals surface area contributed by atoms with E-state index in [1.807, 2.05) is 13.0 Å². The predicted molar refractivity (Wildman–Crippen MR) is 71.1 cm³/mol. The SMILES string of the molecule is C=CCNC(=S)Nc1ncc(C)cc1Br. The summed E-state index contributed by atoms with van der Waals surface area (Å²) < 4.78 is 0.894. The molecule has 0 unspecified atom stereocenters. The second-order valence-electron chi connectivity index (χ2n) is 2.97. The van der Waals surface area contributed by atoms with Gasteiger partial charge in [0.25, 0.3) is 0 Å². The van der Waals surface area contributed by atoms with Crippen LogP contribution in [-0.4, -0.2) is 16.6 Å². The Morgan fingerprint density at radius 1 is 1.73 bits per heavy atom. The molecule has 0 spiro atoms. The number of thiocarbonyl (C=S) groups is 1. The summed E-state index contributed by atoms with van der Waals surface area (Å²) in [6, 6.07) is 1.98. The Labute approximate surface area is 103 Å². The minimum absolute atomic E-state index is 0.534. The van der Waals surface area contributed by atoms with Crippen molar-refractivity contribution < 1.29 is 0 Å². The maximum Gasteiger partial charge on any atom is 0.172 e. The van der Waals surface area contributed by atoms with Crippen molar-refractivity contribution in [3.63, 3.8) is 0 Å². The van der Waals surface area contributed by atoms with Crippen LogP contribution in [0.25, 0.3) is 0 Å². The molecule has 2 N–H and O–H groups in total. The van der Waals surface area contributed by atoms with Gasteiger partial charge in [0.1, 0.15) is 5.82 Å². The molecule has 1 aromatic rings. The normalized spacial score (nSPS) is 9.47. The monoisotopic (exact) mass is 285 g/mol. The van der Waals surface area contributed by atoms with Crippen molar-refractivity contribution in [2.24, 2.45) is 0 Å². The third-order valence-electron chi connectivity index (χ3n) is 1.62.